The number of carbonyl (C=O) groups excluding carboxylic acids is 1. The minimum absolute atomic E-state index is 0.0162. The van der Waals surface area contributed by atoms with Crippen molar-refractivity contribution in [2.24, 2.45) is 11.8 Å². The fourth-order valence-corrected chi connectivity index (χ4v) is 4.43. The number of allylic oxidation sites excluding steroid dienone is 2. The maximum absolute atomic E-state index is 12.9. The highest BCUT2D eigenvalue weighted by Gasteiger charge is 2.41. The second-order valence-electron chi connectivity index (χ2n) is 7.36. The van der Waals surface area contributed by atoms with Gasteiger partial charge in [-0.1, -0.05) is 24.6 Å². The van der Waals surface area contributed by atoms with Gasteiger partial charge in [0, 0.05) is 17.9 Å². The first-order valence-corrected chi connectivity index (χ1v) is 9.87. The smallest absolute Gasteiger partial charge is 0.169 e. The van der Waals surface area contributed by atoms with Crippen molar-refractivity contribution in [3.63, 3.8) is 0 Å². The number of nitrogens with zero attached hydrogens (tertiary/aromatic N) is 1. The molecule has 2 bridgehead atoms. The van der Waals surface area contributed by atoms with Crippen LogP contribution >= 0.6 is 11.6 Å². The zero-order valence-corrected chi connectivity index (χ0v) is 16.3. The van der Waals surface area contributed by atoms with Crippen LogP contribution < -0.4 is 4.74 Å². The average molecular weight is 394 g/mol. The predicted molar refractivity (Wildman–Crippen MR) is 107 cm³/mol. The Balaban J connectivity index is 1.73. The number of ether oxygens (including phenoxy) is 1. The number of carbonyl (C=O) groups is 1. The van der Waals surface area contributed by atoms with E-state index in [1.54, 1.807) is 18.2 Å². The molecule has 4 nitrogen and oxygen atoms in total. The number of rotatable bonds is 4. The van der Waals surface area contributed by atoms with Gasteiger partial charge in [-0.2, -0.15) is 5.26 Å². The Morgan fingerprint density at radius 3 is 2.61 bits per heavy atom. The lowest BCUT2D eigenvalue weighted by Gasteiger charge is -2.23. The molecule has 0 aromatic heterocycles. The van der Waals surface area contributed by atoms with E-state index < -0.39 is 0 Å². The minimum atomic E-state index is 0.0162. The second kappa shape index (κ2) is 7.33. The molecule has 2 aromatic rings. The molecule has 1 N–H and O–H groups in total. The van der Waals surface area contributed by atoms with E-state index in [1.165, 1.54) is 0 Å². The Labute approximate surface area is 169 Å². The van der Waals surface area contributed by atoms with Gasteiger partial charge in [0.25, 0.3) is 0 Å². The summed E-state index contributed by atoms with van der Waals surface area (Å²) >= 11 is 6.09. The van der Waals surface area contributed by atoms with E-state index in [4.69, 9.17) is 21.6 Å². The third kappa shape index (κ3) is 3.16. The quantitative estimate of drug-likeness (QED) is 0.708. The van der Waals surface area contributed by atoms with Gasteiger partial charge in [0.15, 0.2) is 5.78 Å². The summed E-state index contributed by atoms with van der Waals surface area (Å²) < 4.78 is 5.92. The van der Waals surface area contributed by atoms with Crippen molar-refractivity contribution in [2.45, 2.75) is 32.6 Å². The second-order valence-corrected chi connectivity index (χ2v) is 7.77. The Morgan fingerprint density at radius 2 is 1.89 bits per heavy atom. The Morgan fingerprint density at radius 1 is 1.18 bits per heavy atom. The number of hydrogen-bond donors (Lipinski definition) is 1. The molecule has 2 atom stereocenters. The van der Waals surface area contributed by atoms with Crippen LogP contribution in [0.15, 0.2) is 42.2 Å². The molecule has 0 amide bonds. The first-order chi connectivity index (χ1) is 13.5. The van der Waals surface area contributed by atoms with Crippen LogP contribution in [0, 0.1) is 23.2 Å². The highest BCUT2D eigenvalue weighted by atomic mass is 35.5. The van der Waals surface area contributed by atoms with Crippen molar-refractivity contribution in [3.8, 4) is 17.6 Å². The van der Waals surface area contributed by atoms with Crippen molar-refractivity contribution >= 4 is 23.0 Å². The number of fused-ring (bicyclic) bond motifs is 2. The van der Waals surface area contributed by atoms with Gasteiger partial charge in [-0.25, -0.2) is 0 Å². The Kier molecular flexibility index (Phi) is 4.87. The molecule has 28 heavy (non-hydrogen) atoms. The number of benzene rings is 2. The van der Waals surface area contributed by atoms with Crippen molar-refractivity contribution in [3.05, 3.63) is 63.9 Å². The largest absolute Gasteiger partial charge is 0.511 e. The summed E-state index contributed by atoms with van der Waals surface area (Å²) in [4.78, 5) is 12.9. The number of Topliss-reactive ketones (excluding diaryl/α,β-unsaturated/α-hetero) is 1. The first-order valence-electron chi connectivity index (χ1n) is 9.50. The lowest BCUT2D eigenvalue weighted by molar-refractivity contribution is -0.117. The number of aliphatic hydroxyl groups is 1. The van der Waals surface area contributed by atoms with E-state index in [1.807, 2.05) is 31.2 Å². The van der Waals surface area contributed by atoms with Gasteiger partial charge in [-0.05, 0) is 61.1 Å². The molecular weight excluding hydrogens is 374 g/mol. The molecule has 0 radical (unpaired) electrons. The van der Waals surface area contributed by atoms with Crippen molar-refractivity contribution < 1.29 is 14.6 Å². The monoisotopic (exact) mass is 393 g/mol. The Hall–Kier alpha value is -2.77. The van der Waals surface area contributed by atoms with E-state index in [9.17, 15) is 9.90 Å². The van der Waals surface area contributed by atoms with Gasteiger partial charge in [-0.3, -0.25) is 4.79 Å². The minimum Gasteiger partial charge on any atom is -0.511 e. The van der Waals surface area contributed by atoms with Crippen LogP contribution in [0.5, 0.6) is 11.5 Å². The molecule has 0 aliphatic heterocycles. The number of ketones is 1. The third-order valence-electron chi connectivity index (χ3n) is 5.72. The molecule has 1 fully saturated rings. The van der Waals surface area contributed by atoms with Crippen LogP contribution in [0.2, 0.25) is 5.02 Å². The fourth-order valence-electron chi connectivity index (χ4n) is 4.22. The number of aryl methyl sites for hydroxylation is 1. The van der Waals surface area contributed by atoms with Crippen LogP contribution in [0.25, 0.3) is 5.57 Å². The van der Waals surface area contributed by atoms with Crippen LogP contribution in [0.3, 0.4) is 0 Å². The van der Waals surface area contributed by atoms with Crippen molar-refractivity contribution in [1.29, 1.82) is 5.26 Å². The molecule has 0 unspecified atom stereocenters. The molecule has 0 heterocycles. The summed E-state index contributed by atoms with van der Waals surface area (Å²) in [5.41, 5.74) is 2.59. The van der Waals surface area contributed by atoms with Gasteiger partial charge in [0.05, 0.1) is 16.2 Å². The van der Waals surface area contributed by atoms with Gasteiger partial charge < -0.3 is 9.84 Å². The summed E-state index contributed by atoms with van der Waals surface area (Å²) in [6.07, 6.45) is 3.22. The topological polar surface area (TPSA) is 70.3 Å². The molecular formula is C23H20ClNO3. The summed E-state index contributed by atoms with van der Waals surface area (Å²) in [6.45, 7) is 2.03. The van der Waals surface area contributed by atoms with Crippen molar-refractivity contribution in [2.75, 3.05) is 0 Å². The van der Waals surface area contributed by atoms with E-state index in [0.29, 0.717) is 27.7 Å². The molecule has 2 aliphatic rings. The van der Waals surface area contributed by atoms with Crippen LogP contribution in [0.1, 0.15) is 42.9 Å². The van der Waals surface area contributed by atoms with E-state index in [2.05, 4.69) is 0 Å². The van der Waals surface area contributed by atoms with Gasteiger partial charge in [0.2, 0.25) is 0 Å². The molecule has 0 spiro atoms. The zero-order chi connectivity index (χ0) is 19.8. The lowest BCUT2D eigenvalue weighted by Crippen LogP contribution is -2.21. The van der Waals surface area contributed by atoms with Crippen LogP contribution in [-0.4, -0.2) is 10.9 Å². The fraction of sp³-hybridized carbons (Fsp3) is 0.304. The molecule has 0 saturated heterocycles. The number of nitriles is 1. The molecule has 5 heteroatoms. The van der Waals surface area contributed by atoms with E-state index in [-0.39, 0.29) is 23.4 Å². The molecule has 2 aliphatic carbocycles. The lowest BCUT2D eigenvalue weighted by atomic mass is 9.81. The molecule has 2 aromatic carbocycles. The predicted octanol–water partition coefficient (Wildman–Crippen LogP) is 5.83. The summed E-state index contributed by atoms with van der Waals surface area (Å²) in [6, 6.07) is 12.5. The normalized spacial score (nSPS) is 21.0. The standard InChI is InChI=1S/C23H20ClNO3/c1-2-13-5-7-17(28-18-8-6-16(12-25)20(24)11-18)10-19(13)21-22(26)14-3-4-15(9-14)23(21)27/h5-8,10-11,14-15,26H,2-4,9H2,1H3/t14-,15-/m1/s1. The van der Waals surface area contributed by atoms with E-state index >= 15 is 0 Å². The summed E-state index contributed by atoms with van der Waals surface area (Å²) in [5.74, 6) is 1.43. The number of hydrogen-bond acceptors (Lipinski definition) is 4. The zero-order valence-electron chi connectivity index (χ0n) is 15.5. The first kappa shape index (κ1) is 18.6. The molecule has 142 valence electrons. The summed E-state index contributed by atoms with van der Waals surface area (Å²) in [5, 5.41) is 20.1. The third-order valence-corrected chi connectivity index (χ3v) is 6.03. The summed E-state index contributed by atoms with van der Waals surface area (Å²) in [7, 11) is 0. The maximum Gasteiger partial charge on any atom is 0.169 e. The van der Waals surface area contributed by atoms with Gasteiger partial charge >= 0.3 is 0 Å². The molecule has 1 saturated carbocycles. The van der Waals surface area contributed by atoms with Gasteiger partial charge in [0.1, 0.15) is 23.3 Å². The van der Waals surface area contributed by atoms with Gasteiger partial charge in [-0.15, -0.1) is 0 Å². The maximum atomic E-state index is 12.9. The van der Waals surface area contributed by atoms with Crippen LogP contribution in [-0.2, 0) is 11.2 Å². The Bertz CT molecular complexity index is 1030. The van der Waals surface area contributed by atoms with E-state index in [0.717, 1.165) is 36.8 Å². The van der Waals surface area contributed by atoms with Crippen molar-refractivity contribution in [1.82, 2.24) is 0 Å². The number of halogens is 1. The van der Waals surface area contributed by atoms with Crippen LogP contribution in [0.4, 0.5) is 0 Å². The molecule has 4 rings (SSSR count). The highest BCUT2D eigenvalue weighted by Crippen LogP contribution is 2.46. The highest BCUT2D eigenvalue weighted by molar-refractivity contribution is 6.31. The average Bonchev–Trinajstić information content (AvgIpc) is 3.14. The SMILES string of the molecule is CCc1ccc(Oc2ccc(C#N)c(Cl)c2)cc1C1=C(O)[C@@H]2CC[C@H](C2)C1=O. The number of aliphatic hydroxyl groups excluding tert-OH is 1.